The van der Waals surface area contributed by atoms with Crippen LogP contribution in [0.5, 0.6) is 0 Å². The van der Waals surface area contributed by atoms with Crippen molar-refractivity contribution in [2.75, 3.05) is 0 Å². The highest BCUT2D eigenvalue weighted by atomic mass is 32.2. The predicted octanol–water partition coefficient (Wildman–Crippen LogP) is 2.04. The summed E-state index contributed by atoms with van der Waals surface area (Å²) in [6.45, 7) is 0. The molecular weight excluding hydrogens is 542 g/mol. The Bertz CT molecular complexity index is 1260. The standard InChI is InChI=1S/C20H16F6N2O6S2/c21-19(22,23)35(31,32)13-5-1-11(2-6-13)9-15-17(29)28-16(18(30)27-15)10-12-3-7-14(8-4-12)36(33,34)20(24,25)26/h1-8,15-16H,9-10H2,(H,27,30)(H,28,29)/t15-,16-/m0/s1. The first-order valence-electron chi connectivity index (χ1n) is 9.85. The van der Waals surface area contributed by atoms with Crippen molar-refractivity contribution >= 4 is 31.5 Å². The molecule has 1 heterocycles. The number of hydrogen-bond acceptors (Lipinski definition) is 6. The van der Waals surface area contributed by atoms with Gasteiger partial charge in [-0.1, -0.05) is 24.3 Å². The summed E-state index contributed by atoms with van der Waals surface area (Å²) in [5.41, 5.74) is -10.4. The Balaban J connectivity index is 1.65. The van der Waals surface area contributed by atoms with Gasteiger partial charge in [0.2, 0.25) is 11.8 Å². The van der Waals surface area contributed by atoms with E-state index < -0.39 is 64.4 Å². The largest absolute Gasteiger partial charge is 0.501 e. The lowest BCUT2D eigenvalue weighted by molar-refractivity contribution is -0.136. The molecule has 1 aliphatic rings. The molecule has 196 valence electrons. The maximum Gasteiger partial charge on any atom is 0.501 e. The number of sulfone groups is 2. The van der Waals surface area contributed by atoms with Crippen LogP contribution in [0.4, 0.5) is 26.3 Å². The van der Waals surface area contributed by atoms with Crippen LogP contribution >= 0.6 is 0 Å². The van der Waals surface area contributed by atoms with E-state index in [1.54, 1.807) is 0 Å². The van der Waals surface area contributed by atoms with Crippen LogP contribution in [-0.4, -0.2) is 51.8 Å². The molecule has 3 rings (SSSR count). The van der Waals surface area contributed by atoms with Gasteiger partial charge in [-0.05, 0) is 35.4 Å². The Labute approximate surface area is 200 Å². The first kappa shape index (κ1) is 27.4. The molecule has 0 bridgehead atoms. The van der Waals surface area contributed by atoms with Crippen LogP contribution in [-0.2, 0) is 42.1 Å². The summed E-state index contributed by atoms with van der Waals surface area (Å²) in [4.78, 5) is 22.9. The number of alkyl halides is 6. The van der Waals surface area contributed by atoms with Crippen LogP contribution in [0.2, 0.25) is 0 Å². The number of piperazine rings is 1. The highest BCUT2D eigenvalue weighted by molar-refractivity contribution is 7.92. The molecule has 0 unspecified atom stereocenters. The second-order valence-corrected chi connectivity index (χ2v) is 11.6. The topological polar surface area (TPSA) is 126 Å². The zero-order valence-electron chi connectivity index (χ0n) is 17.7. The Hall–Kier alpha value is -3.14. The number of rotatable bonds is 6. The Morgan fingerprint density at radius 1 is 0.583 bits per heavy atom. The van der Waals surface area contributed by atoms with Crippen molar-refractivity contribution in [1.29, 1.82) is 0 Å². The lowest BCUT2D eigenvalue weighted by Gasteiger charge is -2.29. The van der Waals surface area contributed by atoms with Gasteiger partial charge in [0.05, 0.1) is 9.79 Å². The molecule has 0 saturated carbocycles. The smallest absolute Gasteiger partial charge is 0.342 e. The summed E-state index contributed by atoms with van der Waals surface area (Å²) in [5.74, 6) is -1.33. The Morgan fingerprint density at radius 2 is 0.861 bits per heavy atom. The van der Waals surface area contributed by atoms with Gasteiger partial charge in [0.25, 0.3) is 19.7 Å². The lowest BCUT2D eigenvalue weighted by atomic mass is 9.99. The molecule has 16 heteroatoms. The highest BCUT2D eigenvalue weighted by Crippen LogP contribution is 2.31. The van der Waals surface area contributed by atoms with Crippen LogP contribution in [0, 0.1) is 0 Å². The molecule has 2 amide bonds. The fraction of sp³-hybridized carbons (Fsp3) is 0.300. The molecule has 2 N–H and O–H groups in total. The number of hydrogen-bond donors (Lipinski definition) is 2. The van der Waals surface area contributed by atoms with E-state index in [-0.39, 0.29) is 24.0 Å². The number of nitrogens with one attached hydrogen (secondary N) is 2. The minimum absolute atomic E-state index is 0.166. The van der Waals surface area contributed by atoms with E-state index >= 15 is 0 Å². The first-order chi connectivity index (χ1) is 16.4. The average Bonchev–Trinajstić information content (AvgIpc) is 2.76. The lowest BCUT2D eigenvalue weighted by Crippen LogP contribution is -2.62. The molecule has 2 aromatic carbocycles. The van der Waals surface area contributed by atoms with Crippen molar-refractivity contribution in [3.05, 3.63) is 59.7 Å². The van der Waals surface area contributed by atoms with Gasteiger partial charge >= 0.3 is 11.0 Å². The summed E-state index contributed by atoms with van der Waals surface area (Å²) in [7, 11) is -11.1. The first-order valence-corrected chi connectivity index (χ1v) is 12.8. The van der Waals surface area contributed by atoms with E-state index in [0.29, 0.717) is 0 Å². The maximum absolute atomic E-state index is 12.6. The summed E-state index contributed by atoms with van der Waals surface area (Å²) >= 11 is 0. The minimum atomic E-state index is -5.54. The molecule has 0 aliphatic carbocycles. The third kappa shape index (κ3) is 5.48. The van der Waals surface area contributed by atoms with E-state index in [2.05, 4.69) is 10.6 Å². The molecule has 0 radical (unpaired) electrons. The van der Waals surface area contributed by atoms with E-state index in [1.807, 2.05) is 0 Å². The van der Waals surface area contributed by atoms with Crippen LogP contribution in [0.3, 0.4) is 0 Å². The second-order valence-electron chi connectivity index (χ2n) is 7.72. The van der Waals surface area contributed by atoms with Gasteiger partial charge in [0.1, 0.15) is 12.1 Å². The minimum Gasteiger partial charge on any atom is -0.342 e. The van der Waals surface area contributed by atoms with E-state index in [1.165, 1.54) is 0 Å². The molecule has 0 spiro atoms. The highest BCUT2D eigenvalue weighted by Gasteiger charge is 2.47. The van der Waals surface area contributed by atoms with Gasteiger partial charge < -0.3 is 10.6 Å². The van der Waals surface area contributed by atoms with Crippen molar-refractivity contribution in [3.8, 4) is 0 Å². The second kappa shape index (κ2) is 9.38. The third-order valence-electron chi connectivity index (χ3n) is 5.22. The fourth-order valence-corrected chi connectivity index (χ4v) is 4.83. The number of benzene rings is 2. The summed E-state index contributed by atoms with van der Waals surface area (Å²) < 4.78 is 122. The van der Waals surface area contributed by atoms with Crippen molar-refractivity contribution in [1.82, 2.24) is 10.6 Å². The van der Waals surface area contributed by atoms with E-state index in [4.69, 9.17) is 0 Å². The van der Waals surface area contributed by atoms with Crippen LogP contribution in [0.15, 0.2) is 58.3 Å². The van der Waals surface area contributed by atoms with Crippen molar-refractivity contribution in [3.63, 3.8) is 0 Å². The summed E-state index contributed by atoms with van der Waals surface area (Å²) in [6, 6.07) is 4.94. The molecule has 8 nitrogen and oxygen atoms in total. The van der Waals surface area contributed by atoms with Crippen molar-refractivity contribution in [2.24, 2.45) is 0 Å². The van der Waals surface area contributed by atoms with Gasteiger partial charge in [-0.15, -0.1) is 0 Å². The van der Waals surface area contributed by atoms with Crippen molar-refractivity contribution in [2.45, 2.75) is 45.7 Å². The molecule has 2 aromatic rings. The maximum atomic E-state index is 12.6. The number of amides is 2. The zero-order chi connectivity index (χ0) is 27.1. The quantitative estimate of drug-likeness (QED) is 0.523. The zero-order valence-corrected chi connectivity index (χ0v) is 19.4. The molecule has 2 atom stereocenters. The van der Waals surface area contributed by atoms with Crippen LogP contribution in [0.25, 0.3) is 0 Å². The monoisotopic (exact) mass is 558 g/mol. The van der Waals surface area contributed by atoms with Crippen LogP contribution < -0.4 is 10.6 Å². The third-order valence-corrected chi connectivity index (χ3v) is 8.23. The molecule has 36 heavy (non-hydrogen) atoms. The van der Waals surface area contributed by atoms with Gasteiger partial charge in [-0.2, -0.15) is 26.3 Å². The average molecular weight is 558 g/mol. The number of carbonyl (C=O) groups is 2. The molecule has 1 aliphatic heterocycles. The van der Waals surface area contributed by atoms with Gasteiger partial charge in [0.15, 0.2) is 0 Å². The Kier molecular flexibility index (Phi) is 7.16. The predicted molar refractivity (Wildman–Crippen MR) is 111 cm³/mol. The normalized spacial score (nSPS) is 19.5. The number of carbonyl (C=O) groups excluding carboxylic acids is 2. The Morgan fingerprint density at radius 3 is 1.11 bits per heavy atom. The molecule has 1 saturated heterocycles. The number of halogens is 6. The fourth-order valence-electron chi connectivity index (χ4n) is 3.31. The van der Waals surface area contributed by atoms with E-state index in [9.17, 15) is 52.8 Å². The molecule has 0 aromatic heterocycles. The van der Waals surface area contributed by atoms with Crippen LogP contribution in [0.1, 0.15) is 11.1 Å². The SMILES string of the molecule is O=C1N[C@@H](Cc2ccc(S(=O)(=O)C(F)(F)F)cc2)C(=O)N[C@H]1Cc1ccc(S(=O)(=O)C(F)(F)F)cc1. The van der Waals surface area contributed by atoms with Crippen molar-refractivity contribution < 1.29 is 52.8 Å². The summed E-state index contributed by atoms with van der Waals surface area (Å²) in [5, 5.41) is 4.83. The van der Waals surface area contributed by atoms with Gasteiger partial charge in [0, 0.05) is 12.8 Å². The van der Waals surface area contributed by atoms with E-state index in [0.717, 1.165) is 48.5 Å². The molecular formula is C20H16F6N2O6S2. The van der Waals surface area contributed by atoms with Gasteiger partial charge in [-0.25, -0.2) is 16.8 Å². The molecule has 1 fully saturated rings. The van der Waals surface area contributed by atoms with Gasteiger partial charge in [-0.3, -0.25) is 9.59 Å². The summed E-state index contributed by atoms with van der Waals surface area (Å²) in [6.07, 6.45) is -0.332.